The Hall–Kier alpha value is -2.25. The van der Waals surface area contributed by atoms with Gasteiger partial charge in [-0.15, -0.1) is 0 Å². The molecule has 3 aliphatic carbocycles. The second-order valence-corrected chi connectivity index (χ2v) is 21.2. The number of fused-ring (bicyclic) bond motifs is 3. The maximum Gasteiger partial charge on any atom is 0.643 e. The van der Waals surface area contributed by atoms with Gasteiger partial charge in [-0.3, -0.25) is 4.70 Å². The van der Waals surface area contributed by atoms with Gasteiger partial charge in [0.05, 0.1) is 0 Å². The molecule has 17 heteroatoms. The van der Waals surface area contributed by atoms with Crippen molar-refractivity contribution in [1.82, 2.24) is 29.9 Å². The summed E-state index contributed by atoms with van der Waals surface area (Å²) in [4.78, 5) is 25.6. The first-order valence-corrected chi connectivity index (χ1v) is 25.1. The van der Waals surface area contributed by atoms with E-state index in [2.05, 4.69) is 73.5 Å². The van der Waals surface area contributed by atoms with Crippen LogP contribution in [0.4, 0.5) is 4.70 Å². The topological polar surface area (TPSA) is 118 Å². The van der Waals surface area contributed by atoms with Crippen molar-refractivity contribution in [2.45, 2.75) is 84.5 Å². The van der Waals surface area contributed by atoms with Crippen LogP contribution >= 0.6 is 65.0 Å². The number of aromatic hydroxyl groups is 2. The molecule has 0 bridgehead atoms. The molecule has 9 rings (SSSR count). The van der Waals surface area contributed by atoms with E-state index in [0.717, 1.165) is 42.4 Å². The van der Waals surface area contributed by atoms with Gasteiger partial charge in [0.25, 0.3) is 0 Å². The quantitative estimate of drug-likeness (QED) is 0.168. The molecule has 3 aliphatic rings. The van der Waals surface area contributed by atoms with Gasteiger partial charge in [0.15, 0.2) is 17.5 Å². The maximum absolute atomic E-state index is 8.65. The summed E-state index contributed by atoms with van der Waals surface area (Å²) < 4.78 is 0. The molecule has 0 saturated heterocycles. The van der Waals surface area contributed by atoms with E-state index >= 15 is 0 Å². The third kappa shape index (κ3) is 15.5. The third-order valence-electron chi connectivity index (χ3n) is 9.84. The minimum atomic E-state index is -1.72. The van der Waals surface area contributed by atoms with Gasteiger partial charge in [-0.25, -0.2) is 35.1 Å². The zero-order valence-electron chi connectivity index (χ0n) is 31.8. The molecule has 314 valence electrons. The molecule has 0 atom stereocenters. The zero-order valence-corrected chi connectivity index (χ0v) is 41.7. The Balaban J connectivity index is 0.000000252. The van der Waals surface area contributed by atoms with Crippen LogP contribution in [0.15, 0.2) is 78.9 Å². The van der Waals surface area contributed by atoms with Gasteiger partial charge in [-0.1, -0.05) is 49.9 Å². The molecule has 0 fully saturated rings. The summed E-state index contributed by atoms with van der Waals surface area (Å²) in [6.07, 6.45) is 14.5. The molecule has 60 heavy (non-hydrogen) atoms. The molecule has 6 aromatic rings. The average Bonchev–Trinajstić information content (AvgIpc) is 3.20. The van der Waals surface area contributed by atoms with Crippen LogP contribution in [0.3, 0.4) is 0 Å². The molecule has 0 aliphatic heterocycles. The van der Waals surface area contributed by atoms with Crippen molar-refractivity contribution in [3.8, 4) is 45.7 Å². The van der Waals surface area contributed by atoms with Crippen LogP contribution in [0.1, 0.15) is 79.3 Å². The number of halogens is 7. The average molecular weight is 1170 g/mol. The Morgan fingerprint density at radius 1 is 0.417 bits per heavy atom. The number of benzene rings is 4. The van der Waals surface area contributed by atoms with Crippen molar-refractivity contribution in [2.75, 3.05) is 0 Å². The molecule has 0 saturated carbocycles. The van der Waals surface area contributed by atoms with Crippen LogP contribution in [0.25, 0.3) is 34.2 Å². The number of hydrogen-bond acceptors (Lipinski definition) is 8. The molecule has 8 nitrogen and oxygen atoms in total. The van der Waals surface area contributed by atoms with Crippen molar-refractivity contribution in [3.05, 3.63) is 128 Å². The van der Waals surface area contributed by atoms with Crippen LogP contribution in [0, 0.1) is 31.1 Å². The fourth-order valence-corrected chi connectivity index (χ4v) is 7.70. The monoisotopic (exact) mass is 1170 g/mol. The van der Waals surface area contributed by atoms with E-state index in [9.17, 15) is 0 Å². The van der Waals surface area contributed by atoms with E-state index in [0.29, 0.717) is 17.5 Å². The maximum atomic E-state index is 8.65. The van der Waals surface area contributed by atoms with Crippen LogP contribution in [-0.4, -0.2) is 51.5 Å². The smallest absolute Gasteiger partial charge is 0.508 e. The number of aryl methyl sites for hydroxylation is 6. The molecular formula is C43H44AlCl6FN6O2U. The first-order chi connectivity index (χ1) is 27.5. The summed E-state index contributed by atoms with van der Waals surface area (Å²) in [7, 11) is 14.8. The van der Waals surface area contributed by atoms with Crippen LogP contribution < -0.4 is 0 Å². The van der Waals surface area contributed by atoms with Crippen molar-refractivity contribution in [3.63, 3.8) is 0 Å². The van der Waals surface area contributed by atoms with Gasteiger partial charge in [0.1, 0.15) is 11.5 Å². The molecule has 0 unspecified atom stereocenters. The Bertz CT molecular complexity index is 2210. The van der Waals surface area contributed by atoms with Gasteiger partial charge in [-0.05, 0) is 176 Å². The van der Waals surface area contributed by atoms with Crippen molar-refractivity contribution in [2.24, 2.45) is 0 Å². The first kappa shape index (κ1) is 52.1. The molecule has 0 radical (unpaired) electrons. The molecule has 0 amide bonds. The van der Waals surface area contributed by atoms with Gasteiger partial charge in [0, 0.05) is 53.9 Å². The predicted octanol–water partition coefficient (Wildman–Crippen LogP) is 12.9. The minimum Gasteiger partial charge on any atom is -0.508 e. The predicted molar refractivity (Wildman–Crippen MR) is 243 cm³/mol. The van der Waals surface area contributed by atoms with Gasteiger partial charge in [0.2, 0.25) is 15.9 Å². The summed E-state index contributed by atoms with van der Waals surface area (Å²) in [5.74, 6) is 2.04. The summed E-state index contributed by atoms with van der Waals surface area (Å²) in [5, 5.41) is 17.8. The minimum absolute atomic E-state index is 0. The molecule has 2 aromatic heterocycles. The number of phenols is 2. The summed E-state index contributed by atoms with van der Waals surface area (Å²) in [6.45, 7) is 0. The van der Waals surface area contributed by atoms with Crippen LogP contribution in [0.5, 0.6) is 11.5 Å². The molecule has 2 heterocycles. The molecule has 2 N–H and O–H groups in total. The second kappa shape index (κ2) is 25.8. The van der Waals surface area contributed by atoms with Crippen molar-refractivity contribution < 1.29 is 46.0 Å². The SMILES string of the molecule is C.Clc1nc(-c2ccc3c(c2)CCCC3)nc(-c2ccc3c(c2)CCCC3)n1.Clc1nc(Cl)nc(-c2ccc3c(c2)CCCC3)n1.F.Oc1cccc(O)c1.[Cl][Al]([Cl])[Cl].[U]. The fraction of sp³-hybridized carbons (Fsp3) is 0.302. The molecular weight excluding hydrogens is 1130 g/mol. The first-order valence-electron chi connectivity index (χ1n) is 18.8. The standard InChI is InChI=1S/C23H22ClN3.C13H11Cl2N3.C6H6O2.CH4.Al.3ClH.FH.U/c24-23-26-21(19-11-9-15-5-1-3-7-17(15)13-19)25-22(27-23)20-12-10-16-6-2-4-8-18(16)14-20;14-12-16-11(17-13(15)18-12)10-6-5-8-3-1-2-4-9(8)7-10;7-5-2-1-3-6(8)4-5;;;;;;;/h9-14H,1-8H2;5-7H,1-4H2;1-4,7-8H;1H4;;4*1H;/q;;;;+3;;;;;/p-3. The van der Waals surface area contributed by atoms with Crippen LogP contribution in [-0.2, 0) is 38.5 Å². The summed E-state index contributed by atoms with van der Waals surface area (Å²) in [5.41, 5.74) is 11.6. The van der Waals surface area contributed by atoms with Crippen molar-refractivity contribution in [1.29, 1.82) is 0 Å². The molecule has 0 spiro atoms. The third-order valence-corrected chi connectivity index (χ3v) is 10.3. The van der Waals surface area contributed by atoms with Gasteiger partial charge >= 0.3 is 11.4 Å². The van der Waals surface area contributed by atoms with E-state index < -0.39 is 11.4 Å². The van der Waals surface area contributed by atoms with E-state index in [1.807, 2.05) is 6.07 Å². The summed E-state index contributed by atoms with van der Waals surface area (Å²) in [6, 6.07) is 25.3. The van der Waals surface area contributed by atoms with E-state index in [4.69, 9.17) is 80.1 Å². The zero-order chi connectivity index (χ0) is 40.3. The van der Waals surface area contributed by atoms with E-state index in [1.54, 1.807) is 6.07 Å². The number of nitrogens with zero attached hydrogens (tertiary/aromatic N) is 6. The molecule has 4 aromatic carbocycles. The number of rotatable bonds is 3. The number of phenolic OH excluding ortho intramolecular Hbond substituents is 2. The van der Waals surface area contributed by atoms with Gasteiger partial charge < -0.3 is 10.2 Å². The normalized spacial score (nSPS) is 13.1. The largest absolute Gasteiger partial charge is 0.643 e. The Morgan fingerprint density at radius 2 is 0.700 bits per heavy atom. The van der Waals surface area contributed by atoms with E-state index in [-0.39, 0.29) is 70.6 Å². The van der Waals surface area contributed by atoms with Crippen LogP contribution in [0.2, 0.25) is 15.9 Å². The Kier molecular flexibility index (Phi) is 22.4. The number of aromatic nitrogens is 6. The van der Waals surface area contributed by atoms with E-state index in [1.165, 1.54) is 103 Å². The van der Waals surface area contributed by atoms with Crippen molar-refractivity contribution >= 4 is 76.3 Å². The fourth-order valence-electron chi connectivity index (χ4n) is 7.17. The number of hydrogen-bond donors (Lipinski definition) is 2. The second-order valence-electron chi connectivity index (χ2n) is 13.8. The van der Waals surface area contributed by atoms with Gasteiger partial charge in [-0.2, -0.15) is 24.9 Å². The Labute approximate surface area is 406 Å². The Morgan fingerprint density at radius 3 is 1.00 bits per heavy atom. The summed E-state index contributed by atoms with van der Waals surface area (Å²) >= 11 is 16.1.